The second kappa shape index (κ2) is 12.3. The Bertz CT molecular complexity index is 859. The zero-order valence-electron chi connectivity index (χ0n) is 17.6. The van der Waals surface area contributed by atoms with Crippen LogP contribution in [0.3, 0.4) is 0 Å². The van der Waals surface area contributed by atoms with Crippen molar-refractivity contribution >= 4 is 35.5 Å². The Kier molecular flexibility index (Phi) is 9.44. The third kappa shape index (κ3) is 7.71. The monoisotopic (exact) mass is 430 g/mol. The maximum atomic E-state index is 12.4. The van der Waals surface area contributed by atoms with Gasteiger partial charge in [0.1, 0.15) is 12.4 Å². The second-order valence-corrected chi connectivity index (χ2v) is 6.62. The smallest absolute Gasteiger partial charge is 0.330 e. The van der Waals surface area contributed by atoms with Crippen LogP contribution in [0.15, 0.2) is 36.4 Å². The molecule has 1 aromatic rings. The van der Waals surface area contributed by atoms with E-state index in [9.17, 15) is 19.2 Å². The molecule has 9 heteroatoms. The molecule has 31 heavy (non-hydrogen) atoms. The van der Waals surface area contributed by atoms with Crippen molar-refractivity contribution < 1.29 is 33.4 Å². The molecule has 0 spiro atoms. The molecule has 0 saturated heterocycles. The van der Waals surface area contributed by atoms with Crippen LogP contribution in [-0.2, 0) is 28.7 Å². The van der Waals surface area contributed by atoms with Gasteiger partial charge in [-0.25, -0.2) is 4.79 Å². The number of nitrogens with one attached hydrogen (secondary N) is 1. The lowest BCUT2D eigenvalue weighted by molar-refractivity contribution is -0.137. The first-order valence-electron chi connectivity index (χ1n) is 9.79. The number of hydrogen-bond acceptors (Lipinski definition) is 7. The number of imide groups is 1. The Morgan fingerprint density at radius 3 is 2.48 bits per heavy atom. The minimum Gasteiger partial charge on any atom is -0.489 e. The molecule has 1 aliphatic heterocycles. The lowest BCUT2D eigenvalue weighted by Gasteiger charge is -2.14. The molecule has 1 aromatic carbocycles. The Morgan fingerprint density at radius 2 is 1.81 bits per heavy atom. The van der Waals surface area contributed by atoms with E-state index in [1.54, 1.807) is 31.4 Å². The van der Waals surface area contributed by atoms with Crippen LogP contribution < -0.4 is 10.1 Å². The minimum absolute atomic E-state index is 0.212. The van der Waals surface area contributed by atoms with E-state index < -0.39 is 5.97 Å². The van der Waals surface area contributed by atoms with Crippen LogP contribution in [0.4, 0.5) is 5.69 Å². The molecule has 2 rings (SSSR count). The number of hydrogen-bond donors (Lipinski definition) is 1. The van der Waals surface area contributed by atoms with Crippen molar-refractivity contribution in [2.75, 3.05) is 39.3 Å². The zero-order chi connectivity index (χ0) is 22.6. The molecule has 1 heterocycles. The summed E-state index contributed by atoms with van der Waals surface area (Å²) in [6, 6.07) is 5.13. The Balaban J connectivity index is 1.94. The van der Waals surface area contributed by atoms with Crippen LogP contribution in [0.1, 0.15) is 24.8 Å². The SMILES string of the molecule is COCCOc1ccc(/C=C/C(=O)OC)cc1NC(=O)CCCCN1C(=O)C=CC1=O. The summed E-state index contributed by atoms with van der Waals surface area (Å²) < 4.78 is 15.2. The van der Waals surface area contributed by atoms with E-state index in [2.05, 4.69) is 10.1 Å². The van der Waals surface area contributed by atoms with Gasteiger partial charge in [-0.1, -0.05) is 6.07 Å². The highest BCUT2D eigenvalue weighted by Gasteiger charge is 2.22. The van der Waals surface area contributed by atoms with E-state index in [1.165, 1.54) is 25.3 Å². The molecule has 0 unspecified atom stereocenters. The van der Waals surface area contributed by atoms with Crippen molar-refractivity contribution in [2.24, 2.45) is 0 Å². The maximum absolute atomic E-state index is 12.4. The van der Waals surface area contributed by atoms with Crippen LogP contribution >= 0.6 is 0 Å². The van der Waals surface area contributed by atoms with Gasteiger partial charge in [0.2, 0.25) is 5.91 Å². The number of ether oxygens (including phenoxy) is 3. The van der Waals surface area contributed by atoms with Gasteiger partial charge in [-0.15, -0.1) is 0 Å². The number of esters is 1. The lowest BCUT2D eigenvalue weighted by Crippen LogP contribution is -2.30. The van der Waals surface area contributed by atoms with E-state index in [-0.39, 0.29) is 30.7 Å². The van der Waals surface area contributed by atoms with Crippen LogP contribution in [0.2, 0.25) is 0 Å². The van der Waals surface area contributed by atoms with E-state index >= 15 is 0 Å². The van der Waals surface area contributed by atoms with Gasteiger partial charge in [-0.3, -0.25) is 19.3 Å². The highest BCUT2D eigenvalue weighted by molar-refractivity contribution is 6.12. The van der Waals surface area contributed by atoms with Crippen molar-refractivity contribution in [1.82, 2.24) is 4.90 Å². The summed E-state index contributed by atoms with van der Waals surface area (Å²) in [7, 11) is 2.85. The number of unbranched alkanes of at least 4 members (excludes halogenated alkanes) is 1. The molecule has 0 fully saturated rings. The standard InChI is InChI=1S/C22H26N2O7/c1-29-13-14-31-18-8-6-16(7-11-22(28)30-2)15-17(18)23-19(25)5-3-4-12-24-20(26)9-10-21(24)27/h6-11,15H,3-5,12-14H2,1-2H3,(H,23,25)/b11-7+. The summed E-state index contributed by atoms with van der Waals surface area (Å²) in [4.78, 5) is 47.9. The lowest BCUT2D eigenvalue weighted by atomic mass is 10.1. The second-order valence-electron chi connectivity index (χ2n) is 6.62. The number of anilines is 1. The van der Waals surface area contributed by atoms with E-state index in [0.29, 0.717) is 43.1 Å². The predicted molar refractivity (Wildman–Crippen MR) is 113 cm³/mol. The molecular weight excluding hydrogens is 404 g/mol. The summed E-state index contributed by atoms with van der Waals surface area (Å²) in [5.41, 5.74) is 1.14. The fraction of sp³-hybridized carbons (Fsp3) is 0.364. The summed E-state index contributed by atoms with van der Waals surface area (Å²) >= 11 is 0. The molecule has 0 aromatic heterocycles. The summed E-state index contributed by atoms with van der Waals surface area (Å²) in [5, 5.41) is 2.81. The molecule has 9 nitrogen and oxygen atoms in total. The van der Waals surface area contributed by atoms with Gasteiger partial charge >= 0.3 is 5.97 Å². The first-order chi connectivity index (χ1) is 14.9. The predicted octanol–water partition coefficient (Wildman–Crippen LogP) is 1.93. The van der Waals surface area contributed by atoms with Crippen molar-refractivity contribution in [2.45, 2.75) is 19.3 Å². The van der Waals surface area contributed by atoms with E-state index in [0.717, 1.165) is 4.90 Å². The summed E-state index contributed by atoms with van der Waals surface area (Å²) in [6.07, 6.45) is 6.56. The number of benzene rings is 1. The average molecular weight is 430 g/mol. The normalized spacial score (nSPS) is 13.2. The number of methoxy groups -OCH3 is 2. The van der Waals surface area contributed by atoms with Crippen molar-refractivity contribution in [1.29, 1.82) is 0 Å². The zero-order valence-corrected chi connectivity index (χ0v) is 17.6. The summed E-state index contributed by atoms with van der Waals surface area (Å²) in [5.74, 6) is -0.910. The Hall–Kier alpha value is -3.46. The van der Waals surface area contributed by atoms with Crippen molar-refractivity contribution in [3.63, 3.8) is 0 Å². The fourth-order valence-electron chi connectivity index (χ4n) is 2.76. The quantitative estimate of drug-likeness (QED) is 0.233. The molecule has 0 saturated carbocycles. The van der Waals surface area contributed by atoms with Gasteiger partial charge in [-0.2, -0.15) is 0 Å². The van der Waals surface area contributed by atoms with Gasteiger partial charge < -0.3 is 19.5 Å². The van der Waals surface area contributed by atoms with Crippen LogP contribution in [-0.4, -0.2) is 62.6 Å². The molecule has 0 bridgehead atoms. The molecule has 1 aliphatic rings. The molecule has 0 radical (unpaired) electrons. The van der Waals surface area contributed by atoms with E-state index in [4.69, 9.17) is 9.47 Å². The van der Waals surface area contributed by atoms with Gasteiger partial charge in [0.15, 0.2) is 0 Å². The molecule has 3 amide bonds. The topological polar surface area (TPSA) is 111 Å². The highest BCUT2D eigenvalue weighted by atomic mass is 16.5. The third-order valence-corrected chi connectivity index (χ3v) is 4.37. The molecule has 1 N–H and O–H groups in total. The minimum atomic E-state index is -0.490. The Labute approximate surface area is 180 Å². The number of carbonyl (C=O) groups excluding carboxylic acids is 4. The fourth-order valence-corrected chi connectivity index (χ4v) is 2.76. The molecule has 166 valence electrons. The van der Waals surface area contributed by atoms with Crippen LogP contribution in [0, 0.1) is 0 Å². The largest absolute Gasteiger partial charge is 0.489 e. The third-order valence-electron chi connectivity index (χ3n) is 4.37. The van der Waals surface area contributed by atoms with Crippen molar-refractivity contribution in [3.8, 4) is 5.75 Å². The Morgan fingerprint density at radius 1 is 1.06 bits per heavy atom. The van der Waals surface area contributed by atoms with Crippen LogP contribution in [0.5, 0.6) is 5.75 Å². The van der Waals surface area contributed by atoms with Gasteiger partial charge in [0.05, 0.1) is 19.4 Å². The maximum Gasteiger partial charge on any atom is 0.330 e. The molecule has 0 atom stereocenters. The van der Waals surface area contributed by atoms with Gasteiger partial charge in [-0.05, 0) is 36.6 Å². The van der Waals surface area contributed by atoms with Crippen molar-refractivity contribution in [3.05, 3.63) is 42.0 Å². The number of rotatable bonds is 12. The number of amides is 3. The number of nitrogens with zero attached hydrogens (tertiary/aromatic N) is 1. The molecule has 0 aliphatic carbocycles. The number of carbonyl (C=O) groups is 4. The van der Waals surface area contributed by atoms with Crippen LogP contribution in [0.25, 0.3) is 6.08 Å². The first-order valence-corrected chi connectivity index (χ1v) is 9.79. The highest BCUT2D eigenvalue weighted by Crippen LogP contribution is 2.27. The first kappa shape index (κ1) is 23.8. The average Bonchev–Trinajstić information content (AvgIpc) is 3.08. The van der Waals surface area contributed by atoms with E-state index in [1.807, 2.05) is 0 Å². The molecular formula is C22H26N2O7. The van der Waals surface area contributed by atoms with Gasteiger partial charge in [0, 0.05) is 38.3 Å². The van der Waals surface area contributed by atoms with Gasteiger partial charge in [0.25, 0.3) is 11.8 Å². The summed E-state index contributed by atoms with van der Waals surface area (Å²) in [6.45, 7) is 0.972.